The van der Waals surface area contributed by atoms with Crippen molar-refractivity contribution in [3.8, 4) is 0 Å². The lowest BCUT2D eigenvalue weighted by atomic mass is 10.1. The Morgan fingerprint density at radius 3 is 2.16 bits per heavy atom. The van der Waals surface area contributed by atoms with Crippen molar-refractivity contribution in [2.24, 2.45) is 0 Å². The van der Waals surface area contributed by atoms with Crippen LogP contribution in [-0.4, -0.2) is 28.8 Å². The number of halogens is 1. The summed E-state index contributed by atoms with van der Waals surface area (Å²) in [4.78, 5) is 25.6. The van der Waals surface area contributed by atoms with Crippen LogP contribution in [0.25, 0.3) is 0 Å². The van der Waals surface area contributed by atoms with Gasteiger partial charge < -0.3 is 10.2 Å². The van der Waals surface area contributed by atoms with E-state index in [9.17, 15) is 9.59 Å². The second-order valence-electron chi connectivity index (χ2n) is 5.18. The van der Waals surface area contributed by atoms with E-state index >= 15 is 0 Å². The Balaban J connectivity index is 2.77. The van der Waals surface area contributed by atoms with Crippen LogP contribution in [0.2, 0.25) is 0 Å². The molecule has 0 atom stereocenters. The van der Waals surface area contributed by atoms with E-state index in [1.54, 1.807) is 17.0 Å². The first kappa shape index (κ1) is 15.9. The third-order valence-electron chi connectivity index (χ3n) is 2.67. The van der Waals surface area contributed by atoms with Crippen molar-refractivity contribution >= 4 is 40.1 Å². The Kier molecular flexibility index (Phi) is 5.34. The molecule has 0 bridgehead atoms. The minimum absolute atomic E-state index is 0.366. The Hall–Kier alpha value is -1.11. The van der Waals surface area contributed by atoms with E-state index in [1.165, 1.54) is 0 Å². The number of likely N-dealkylation sites (N-methyl/N-ethyl adjacent to an activating group) is 1. The summed E-state index contributed by atoms with van der Waals surface area (Å²) in [6, 6.07) is 7.31. The summed E-state index contributed by atoms with van der Waals surface area (Å²) in [6.45, 7) is 8.09. The number of amides is 2. The maximum absolute atomic E-state index is 12.1. The van der Waals surface area contributed by atoms with Crippen molar-refractivity contribution < 1.29 is 9.59 Å². The number of hydrogen-bond acceptors (Lipinski definition) is 2. The van der Waals surface area contributed by atoms with Gasteiger partial charge in [0.05, 0.1) is 0 Å². The molecule has 2 amide bonds. The molecule has 0 unspecified atom stereocenters. The monoisotopic (exact) mass is 374 g/mol. The molecule has 104 valence electrons. The van der Waals surface area contributed by atoms with Crippen LogP contribution in [-0.2, 0) is 9.59 Å². The highest BCUT2D eigenvalue weighted by Gasteiger charge is 2.29. The molecular formula is C14H19IN2O2. The van der Waals surface area contributed by atoms with Gasteiger partial charge in [-0.3, -0.25) is 9.59 Å². The molecule has 19 heavy (non-hydrogen) atoms. The van der Waals surface area contributed by atoms with Crippen LogP contribution in [0, 0.1) is 3.57 Å². The SMILES string of the molecule is CCN(C(=O)C(=O)Nc1ccc(I)cc1)C(C)(C)C. The number of rotatable bonds is 2. The van der Waals surface area contributed by atoms with Gasteiger partial charge in [0, 0.05) is 21.3 Å². The fourth-order valence-corrected chi connectivity index (χ4v) is 2.12. The Morgan fingerprint density at radius 2 is 1.74 bits per heavy atom. The molecule has 0 saturated heterocycles. The quantitative estimate of drug-likeness (QED) is 0.639. The highest BCUT2D eigenvalue weighted by molar-refractivity contribution is 14.1. The molecule has 1 rings (SSSR count). The number of hydrogen-bond donors (Lipinski definition) is 1. The summed E-state index contributed by atoms with van der Waals surface area (Å²) >= 11 is 2.18. The van der Waals surface area contributed by atoms with Gasteiger partial charge >= 0.3 is 11.8 Å². The lowest BCUT2D eigenvalue weighted by Gasteiger charge is -2.34. The van der Waals surface area contributed by atoms with Gasteiger partial charge in [0.1, 0.15) is 0 Å². The van der Waals surface area contributed by atoms with Crippen LogP contribution in [0.1, 0.15) is 27.7 Å². The van der Waals surface area contributed by atoms with Crippen LogP contribution >= 0.6 is 22.6 Å². The molecular weight excluding hydrogens is 355 g/mol. The summed E-state index contributed by atoms with van der Waals surface area (Å²) in [6.07, 6.45) is 0. The highest BCUT2D eigenvalue weighted by atomic mass is 127. The highest BCUT2D eigenvalue weighted by Crippen LogP contribution is 2.15. The second kappa shape index (κ2) is 6.36. The van der Waals surface area contributed by atoms with Gasteiger partial charge in [0.2, 0.25) is 0 Å². The van der Waals surface area contributed by atoms with Crippen molar-refractivity contribution in [3.63, 3.8) is 0 Å². The number of anilines is 1. The molecule has 1 aromatic carbocycles. The molecule has 1 aromatic rings. The van der Waals surface area contributed by atoms with E-state index in [2.05, 4.69) is 27.9 Å². The van der Waals surface area contributed by atoms with Crippen LogP contribution in [0.15, 0.2) is 24.3 Å². The van der Waals surface area contributed by atoms with Crippen LogP contribution in [0.3, 0.4) is 0 Å². The van der Waals surface area contributed by atoms with Crippen LogP contribution in [0.5, 0.6) is 0 Å². The van der Waals surface area contributed by atoms with Crippen molar-refractivity contribution in [1.29, 1.82) is 0 Å². The van der Waals surface area contributed by atoms with Gasteiger partial charge in [-0.15, -0.1) is 0 Å². The molecule has 0 heterocycles. The summed E-state index contributed by atoms with van der Waals surface area (Å²) in [5, 5.41) is 2.62. The predicted octanol–water partition coefficient (Wildman–Crippen LogP) is 2.88. The van der Waals surface area contributed by atoms with Crippen molar-refractivity contribution in [2.45, 2.75) is 33.2 Å². The third kappa shape index (κ3) is 4.49. The van der Waals surface area contributed by atoms with Gasteiger partial charge in [0.25, 0.3) is 0 Å². The molecule has 0 aliphatic carbocycles. The molecule has 1 N–H and O–H groups in total. The molecule has 0 spiro atoms. The smallest absolute Gasteiger partial charge is 0.313 e. The van der Waals surface area contributed by atoms with E-state index in [0.29, 0.717) is 12.2 Å². The first-order chi connectivity index (χ1) is 8.75. The van der Waals surface area contributed by atoms with Gasteiger partial charge in [-0.2, -0.15) is 0 Å². The van der Waals surface area contributed by atoms with E-state index in [4.69, 9.17) is 0 Å². The first-order valence-electron chi connectivity index (χ1n) is 6.14. The zero-order chi connectivity index (χ0) is 14.6. The summed E-state index contributed by atoms with van der Waals surface area (Å²) in [7, 11) is 0. The molecule has 0 aliphatic heterocycles. The standard InChI is InChI=1S/C14H19IN2O2/c1-5-17(14(2,3)4)13(19)12(18)16-11-8-6-10(15)7-9-11/h6-9H,5H2,1-4H3,(H,16,18). The molecule has 4 nitrogen and oxygen atoms in total. The lowest BCUT2D eigenvalue weighted by molar-refractivity contribution is -0.146. The van der Waals surface area contributed by atoms with Gasteiger partial charge in [0.15, 0.2) is 0 Å². The van der Waals surface area contributed by atoms with Crippen LogP contribution < -0.4 is 5.32 Å². The normalized spacial score (nSPS) is 11.0. The summed E-state index contributed by atoms with van der Waals surface area (Å²) < 4.78 is 1.08. The molecule has 0 radical (unpaired) electrons. The first-order valence-corrected chi connectivity index (χ1v) is 7.22. The Labute approximate surface area is 127 Å². The van der Waals surface area contributed by atoms with E-state index in [0.717, 1.165) is 3.57 Å². The summed E-state index contributed by atoms with van der Waals surface area (Å²) in [5.74, 6) is -1.11. The summed E-state index contributed by atoms with van der Waals surface area (Å²) in [5.41, 5.74) is 0.263. The Morgan fingerprint density at radius 1 is 1.21 bits per heavy atom. The zero-order valence-electron chi connectivity index (χ0n) is 11.7. The predicted molar refractivity (Wildman–Crippen MR) is 84.9 cm³/mol. The van der Waals surface area contributed by atoms with E-state index in [-0.39, 0.29) is 5.54 Å². The van der Waals surface area contributed by atoms with Gasteiger partial charge in [-0.05, 0) is 74.6 Å². The number of nitrogens with zero attached hydrogens (tertiary/aromatic N) is 1. The zero-order valence-corrected chi connectivity index (χ0v) is 13.8. The topological polar surface area (TPSA) is 49.4 Å². The maximum Gasteiger partial charge on any atom is 0.313 e. The fraction of sp³-hybridized carbons (Fsp3) is 0.429. The van der Waals surface area contributed by atoms with Crippen LogP contribution in [0.4, 0.5) is 5.69 Å². The molecule has 0 aromatic heterocycles. The van der Waals surface area contributed by atoms with Crippen molar-refractivity contribution in [3.05, 3.63) is 27.8 Å². The molecule has 0 fully saturated rings. The molecule has 5 heteroatoms. The van der Waals surface area contributed by atoms with Crippen molar-refractivity contribution in [2.75, 3.05) is 11.9 Å². The number of nitrogens with one attached hydrogen (secondary N) is 1. The number of carbonyl (C=O) groups is 2. The van der Waals surface area contributed by atoms with Gasteiger partial charge in [-0.25, -0.2) is 0 Å². The van der Waals surface area contributed by atoms with Crippen molar-refractivity contribution in [1.82, 2.24) is 4.90 Å². The average Bonchev–Trinajstić information content (AvgIpc) is 2.31. The number of carbonyl (C=O) groups excluding carboxylic acids is 2. The minimum atomic E-state index is -0.599. The lowest BCUT2D eigenvalue weighted by Crippen LogP contribution is -2.49. The largest absolute Gasteiger partial charge is 0.330 e. The fourth-order valence-electron chi connectivity index (χ4n) is 1.76. The maximum atomic E-state index is 12.1. The molecule has 0 saturated carbocycles. The van der Waals surface area contributed by atoms with E-state index < -0.39 is 11.8 Å². The van der Waals surface area contributed by atoms with E-state index in [1.807, 2.05) is 39.8 Å². The molecule has 0 aliphatic rings. The van der Waals surface area contributed by atoms with Gasteiger partial charge in [-0.1, -0.05) is 0 Å². The average molecular weight is 374 g/mol. The third-order valence-corrected chi connectivity index (χ3v) is 3.39. The number of benzene rings is 1. The Bertz CT molecular complexity index is 463. The minimum Gasteiger partial charge on any atom is -0.330 e. The second-order valence-corrected chi connectivity index (χ2v) is 6.43.